The van der Waals surface area contributed by atoms with Crippen molar-refractivity contribution in [3.05, 3.63) is 30.1 Å². The number of nitrogens with one attached hydrogen (secondary N) is 1. The van der Waals surface area contributed by atoms with Crippen molar-refractivity contribution in [2.24, 2.45) is 5.41 Å². The third-order valence-corrected chi connectivity index (χ3v) is 4.15. The number of aromatic nitrogens is 1. The van der Waals surface area contributed by atoms with Crippen molar-refractivity contribution in [3.63, 3.8) is 0 Å². The Hall–Kier alpha value is -0.970. The molecule has 0 amide bonds. The summed E-state index contributed by atoms with van der Waals surface area (Å²) < 4.78 is 4.94. The summed E-state index contributed by atoms with van der Waals surface area (Å²) in [5.74, 6) is 0.810. The van der Waals surface area contributed by atoms with Crippen LogP contribution in [0.25, 0.3) is 0 Å². The molecule has 114 valence electrons. The van der Waals surface area contributed by atoms with Crippen molar-refractivity contribution >= 4 is 0 Å². The van der Waals surface area contributed by atoms with E-state index in [1.54, 1.807) is 7.11 Å². The zero-order valence-electron chi connectivity index (χ0n) is 13.1. The lowest BCUT2D eigenvalue weighted by Crippen LogP contribution is -2.59. The number of hydrogen-bond donors (Lipinski definition) is 1. The van der Waals surface area contributed by atoms with Gasteiger partial charge in [-0.05, 0) is 62.6 Å². The van der Waals surface area contributed by atoms with Gasteiger partial charge in [-0.1, -0.05) is 0 Å². The summed E-state index contributed by atoms with van der Waals surface area (Å²) in [6.45, 7) is 8.55. The van der Waals surface area contributed by atoms with Gasteiger partial charge in [-0.2, -0.15) is 0 Å². The van der Waals surface area contributed by atoms with Gasteiger partial charge in [0.15, 0.2) is 0 Å². The summed E-state index contributed by atoms with van der Waals surface area (Å²) in [6.07, 6.45) is 6.56. The number of methoxy groups -OCH3 is 1. The molecule has 1 saturated carbocycles. The Morgan fingerprint density at radius 3 is 2.05 bits per heavy atom. The molecule has 0 aromatic carbocycles. The second-order valence-electron chi connectivity index (χ2n) is 6.81. The molecule has 1 aromatic rings. The van der Waals surface area contributed by atoms with E-state index in [-0.39, 0.29) is 11.1 Å². The number of rotatable bonds is 1. The first-order valence-corrected chi connectivity index (χ1v) is 7.10. The molecule has 4 nitrogen and oxygen atoms in total. The molecule has 0 radical (unpaired) electrons. The first kappa shape index (κ1) is 17.1. The van der Waals surface area contributed by atoms with Gasteiger partial charge in [-0.3, -0.25) is 4.98 Å². The SMILES string of the molecule is COC(C)(C)C.O.c1cc(C2CC3(CNC3)C2)ccn1. The van der Waals surface area contributed by atoms with Crippen LogP contribution >= 0.6 is 0 Å². The maximum atomic E-state index is 4.94. The standard InChI is InChI=1S/C11H14N2.C5H12O.H2O/c1-3-12-4-2-9(1)10-5-11(6-10)7-13-8-11;1-5(2,3)6-4;/h1-4,10,13H,5-8H2;1-4H3;1H2. The molecule has 2 fully saturated rings. The summed E-state index contributed by atoms with van der Waals surface area (Å²) in [5.41, 5.74) is 2.21. The van der Waals surface area contributed by atoms with Crippen LogP contribution in [0, 0.1) is 5.41 Å². The predicted molar refractivity (Wildman–Crippen MR) is 81.9 cm³/mol. The minimum atomic E-state index is 0. The molecule has 1 aromatic heterocycles. The van der Waals surface area contributed by atoms with Crippen LogP contribution in [-0.2, 0) is 4.74 Å². The zero-order chi connectivity index (χ0) is 13.9. The van der Waals surface area contributed by atoms with Crippen LogP contribution in [0.1, 0.15) is 45.1 Å². The van der Waals surface area contributed by atoms with Crippen LogP contribution in [0.2, 0.25) is 0 Å². The van der Waals surface area contributed by atoms with Gasteiger partial charge < -0.3 is 15.5 Å². The van der Waals surface area contributed by atoms with Crippen LogP contribution in [0.5, 0.6) is 0 Å². The quantitative estimate of drug-likeness (QED) is 0.857. The van der Waals surface area contributed by atoms with E-state index >= 15 is 0 Å². The number of ether oxygens (including phenoxy) is 1. The maximum Gasteiger partial charge on any atom is 0.0594 e. The fraction of sp³-hybridized carbons (Fsp3) is 0.688. The Morgan fingerprint density at radius 2 is 1.70 bits per heavy atom. The molecular formula is C16H28N2O2. The highest BCUT2D eigenvalue weighted by atomic mass is 16.5. The third kappa shape index (κ3) is 4.27. The average molecular weight is 280 g/mol. The van der Waals surface area contributed by atoms with Gasteiger partial charge in [0.2, 0.25) is 0 Å². The van der Waals surface area contributed by atoms with Crippen molar-refractivity contribution < 1.29 is 10.2 Å². The van der Waals surface area contributed by atoms with Gasteiger partial charge in [-0.15, -0.1) is 0 Å². The van der Waals surface area contributed by atoms with E-state index in [2.05, 4.69) is 22.4 Å². The molecule has 1 saturated heterocycles. The van der Waals surface area contributed by atoms with Gasteiger partial charge >= 0.3 is 0 Å². The van der Waals surface area contributed by atoms with Crippen molar-refractivity contribution in [2.45, 2.75) is 45.1 Å². The van der Waals surface area contributed by atoms with E-state index in [0.29, 0.717) is 5.41 Å². The first-order chi connectivity index (χ1) is 8.94. The Labute approximate surface area is 122 Å². The number of hydrogen-bond acceptors (Lipinski definition) is 3. The molecule has 0 unspecified atom stereocenters. The smallest absolute Gasteiger partial charge is 0.0594 e. The summed E-state index contributed by atoms with van der Waals surface area (Å²) in [5, 5.41) is 3.36. The fourth-order valence-electron chi connectivity index (χ4n) is 2.62. The molecule has 3 rings (SSSR count). The summed E-state index contributed by atoms with van der Waals surface area (Å²) in [4.78, 5) is 4.04. The van der Waals surface area contributed by atoms with Crippen LogP contribution in [0.4, 0.5) is 0 Å². The molecule has 1 aliphatic heterocycles. The Balaban J connectivity index is 0.000000250. The van der Waals surface area contributed by atoms with E-state index in [4.69, 9.17) is 4.74 Å². The first-order valence-electron chi connectivity index (χ1n) is 7.10. The number of nitrogens with zero attached hydrogens (tertiary/aromatic N) is 1. The minimum absolute atomic E-state index is 0. The van der Waals surface area contributed by atoms with Gasteiger partial charge in [-0.25, -0.2) is 0 Å². The van der Waals surface area contributed by atoms with Crippen LogP contribution in [0.15, 0.2) is 24.5 Å². The summed E-state index contributed by atoms with van der Waals surface area (Å²) in [6, 6.07) is 4.31. The van der Waals surface area contributed by atoms with Crippen LogP contribution in [-0.4, -0.2) is 36.3 Å². The maximum absolute atomic E-state index is 4.94. The lowest BCUT2D eigenvalue weighted by molar-refractivity contribution is 0.0362. The molecule has 2 aliphatic rings. The lowest BCUT2D eigenvalue weighted by Gasteiger charge is -2.54. The molecule has 1 spiro atoms. The Kier molecular flexibility index (Phi) is 5.68. The molecule has 2 heterocycles. The normalized spacial score (nSPS) is 20.0. The van der Waals surface area contributed by atoms with E-state index in [9.17, 15) is 0 Å². The largest absolute Gasteiger partial charge is 0.412 e. The highest BCUT2D eigenvalue weighted by molar-refractivity contribution is 5.23. The van der Waals surface area contributed by atoms with Crippen molar-refractivity contribution in [1.29, 1.82) is 0 Å². The van der Waals surface area contributed by atoms with Gasteiger partial charge in [0.1, 0.15) is 0 Å². The van der Waals surface area contributed by atoms with E-state index in [1.807, 2.05) is 33.2 Å². The lowest BCUT2D eigenvalue weighted by atomic mass is 9.57. The second kappa shape index (κ2) is 6.66. The molecule has 3 N–H and O–H groups in total. The Bertz CT molecular complexity index is 389. The topological polar surface area (TPSA) is 65.7 Å². The third-order valence-electron chi connectivity index (χ3n) is 4.15. The van der Waals surface area contributed by atoms with Crippen molar-refractivity contribution in [2.75, 3.05) is 20.2 Å². The van der Waals surface area contributed by atoms with E-state index in [0.717, 1.165) is 5.92 Å². The monoisotopic (exact) mass is 280 g/mol. The molecule has 0 atom stereocenters. The van der Waals surface area contributed by atoms with E-state index in [1.165, 1.54) is 31.5 Å². The van der Waals surface area contributed by atoms with Gasteiger partial charge in [0.25, 0.3) is 0 Å². The molecular weight excluding hydrogens is 252 g/mol. The van der Waals surface area contributed by atoms with Crippen molar-refractivity contribution in [3.8, 4) is 0 Å². The van der Waals surface area contributed by atoms with E-state index < -0.39 is 0 Å². The fourth-order valence-corrected chi connectivity index (χ4v) is 2.62. The summed E-state index contributed by atoms with van der Waals surface area (Å²) >= 11 is 0. The highest BCUT2D eigenvalue weighted by Gasteiger charge is 2.48. The van der Waals surface area contributed by atoms with Gasteiger partial charge in [0.05, 0.1) is 5.60 Å². The second-order valence-corrected chi connectivity index (χ2v) is 6.81. The van der Waals surface area contributed by atoms with Crippen LogP contribution in [0.3, 0.4) is 0 Å². The highest BCUT2D eigenvalue weighted by Crippen LogP contribution is 2.52. The molecule has 20 heavy (non-hydrogen) atoms. The van der Waals surface area contributed by atoms with Crippen molar-refractivity contribution in [1.82, 2.24) is 10.3 Å². The molecule has 0 bridgehead atoms. The molecule has 4 heteroatoms. The van der Waals surface area contributed by atoms with Gasteiger partial charge in [0, 0.05) is 32.6 Å². The Morgan fingerprint density at radius 1 is 1.20 bits per heavy atom. The van der Waals surface area contributed by atoms with Crippen LogP contribution < -0.4 is 5.32 Å². The molecule has 1 aliphatic carbocycles. The minimum Gasteiger partial charge on any atom is -0.412 e. The summed E-state index contributed by atoms with van der Waals surface area (Å²) in [7, 11) is 1.71. The number of pyridine rings is 1. The zero-order valence-corrected chi connectivity index (χ0v) is 13.1. The average Bonchev–Trinajstić information content (AvgIpc) is 2.27. The predicted octanol–water partition coefficient (Wildman–Crippen LogP) is 2.16.